The van der Waals surface area contributed by atoms with Gasteiger partial charge in [0.15, 0.2) is 5.78 Å². The number of aromatic hydroxyl groups is 1. The first kappa shape index (κ1) is 13.3. The zero-order valence-corrected chi connectivity index (χ0v) is 11.4. The van der Waals surface area contributed by atoms with Gasteiger partial charge in [-0.2, -0.15) is 0 Å². The van der Waals surface area contributed by atoms with Gasteiger partial charge in [-0.25, -0.2) is 0 Å². The Labute approximate surface area is 123 Å². The van der Waals surface area contributed by atoms with E-state index in [2.05, 4.69) is 4.99 Å². The van der Waals surface area contributed by atoms with E-state index in [1.54, 1.807) is 30.5 Å². The Morgan fingerprint density at radius 2 is 1.86 bits per heavy atom. The lowest BCUT2D eigenvalue weighted by atomic mass is 9.88. The van der Waals surface area contributed by atoms with Gasteiger partial charge in [-0.1, -0.05) is 48.5 Å². The molecule has 1 aliphatic rings. The molecule has 3 rings (SSSR count). The molecule has 2 aromatic rings. The lowest BCUT2D eigenvalue weighted by Crippen LogP contribution is -2.25. The monoisotopic (exact) mass is 277 g/mol. The predicted molar refractivity (Wildman–Crippen MR) is 82.6 cm³/mol. The zero-order chi connectivity index (χ0) is 14.7. The van der Waals surface area contributed by atoms with Gasteiger partial charge in [-0.15, -0.1) is 0 Å². The smallest absolute Gasteiger partial charge is 0.188 e. The molecule has 0 bridgehead atoms. The Kier molecular flexibility index (Phi) is 3.65. The highest BCUT2D eigenvalue weighted by molar-refractivity contribution is 6.43. The Bertz CT molecular complexity index is 717. The van der Waals surface area contributed by atoms with Gasteiger partial charge in [0.1, 0.15) is 5.75 Å². The minimum Gasteiger partial charge on any atom is -0.508 e. The van der Waals surface area contributed by atoms with Crippen LogP contribution < -0.4 is 0 Å². The number of Topliss-reactive ketones (excluding diaryl/α,β-unsaturated/α-hetero) is 1. The topological polar surface area (TPSA) is 49.7 Å². The molecular formula is C18H15NO2. The van der Waals surface area contributed by atoms with Crippen molar-refractivity contribution in [3.63, 3.8) is 0 Å². The number of nitrogens with zero attached hydrogens (tertiary/aromatic N) is 1. The second-order valence-corrected chi connectivity index (χ2v) is 5.02. The number of rotatable bonds is 3. The van der Waals surface area contributed by atoms with E-state index in [0.717, 1.165) is 11.1 Å². The number of allylic oxidation sites excluding steroid dienone is 1. The standard InChI is InChI=1S/C18H15NO2/c20-15-8-4-7-14(12-15)16-9-10-19-17(18(16)21)11-13-5-2-1-3-6-13/h1-10,12,16,20H,11H2. The molecule has 3 heteroatoms. The van der Waals surface area contributed by atoms with Crippen molar-refractivity contribution in [2.45, 2.75) is 12.3 Å². The minimum absolute atomic E-state index is 0.00745. The zero-order valence-electron chi connectivity index (χ0n) is 11.4. The summed E-state index contributed by atoms with van der Waals surface area (Å²) in [6.45, 7) is 0. The van der Waals surface area contributed by atoms with E-state index in [1.165, 1.54) is 0 Å². The molecule has 1 aliphatic heterocycles. The summed E-state index contributed by atoms with van der Waals surface area (Å²) < 4.78 is 0. The van der Waals surface area contributed by atoms with Crippen LogP contribution >= 0.6 is 0 Å². The van der Waals surface area contributed by atoms with Crippen LogP contribution in [0.3, 0.4) is 0 Å². The van der Waals surface area contributed by atoms with Crippen molar-refractivity contribution < 1.29 is 9.90 Å². The van der Waals surface area contributed by atoms with Crippen LogP contribution in [0.25, 0.3) is 0 Å². The number of benzene rings is 2. The third kappa shape index (κ3) is 2.92. The summed E-state index contributed by atoms with van der Waals surface area (Å²) in [7, 11) is 0. The third-order valence-corrected chi connectivity index (χ3v) is 3.52. The molecule has 0 aliphatic carbocycles. The van der Waals surface area contributed by atoms with Gasteiger partial charge >= 0.3 is 0 Å². The summed E-state index contributed by atoms with van der Waals surface area (Å²) in [5.74, 6) is -0.207. The van der Waals surface area contributed by atoms with Crippen LogP contribution in [-0.2, 0) is 11.2 Å². The van der Waals surface area contributed by atoms with Gasteiger partial charge in [0.25, 0.3) is 0 Å². The van der Waals surface area contributed by atoms with Crippen LogP contribution in [0.5, 0.6) is 5.75 Å². The van der Waals surface area contributed by atoms with Gasteiger partial charge in [0, 0.05) is 12.6 Å². The third-order valence-electron chi connectivity index (χ3n) is 3.52. The van der Waals surface area contributed by atoms with E-state index < -0.39 is 0 Å². The summed E-state index contributed by atoms with van der Waals surface area (Å²) in [4.78, 5) is 16.8. The molecule has 1 unspecified atom stereocenters. The lowest BCUT2D eigenvalue weighted by Gasteiger charge is -2.17. The average Bonchev–Trinajstić information content (AvgIpc) is 2.50. The summed E-state index contributed by atoms with van der Waals surface area (Å²) in [5.41, 5.74) is 2.41. The molecule has 0 aromatic heterocycles. The second kappa shape index (κ2) is 5.75. The molecule has 3 nitrogen and oxygen atoms in total. The van der Waals surface area contributed by atoms with Crippen LogP contribution in [0.4, 0.5) is 0 Å². The molecule has 0 saturated heterocycles. The number of phenolic OH excluding ortho intramolecular Hbond substituents is 1. The minimum atomic E-state index is -0.367. The summed E-state index contributed by atoms with van der Waals surface area (Å²) >= 11 is 0. The SMILES string of the molecule is O=C1C(Cc2ccccc2)=NC=CC1c1cccc(O)c1. The number of aliphatic imine (C=N–C) groups is 1. The first-order valence-corrected chi connectivity index (χ1v) is 6.84. The highest BCUT2D eigenvalue weighted by Gasteiger charge is 2.25. The first-order chi connectivity index (χ1) is 10.2. The van der Waals surface area contributed by atoms with Crippen LogP contribution in [-0.4, -0.2) is 16.6 Å². The average molecular weight is 277 g/mol. The number of carbonyl (C=O) groups excluding carboxylic acids is 1. The Hall–Kier alpha value is -2.68. The lowest BCUT2D eigenvalue weighted by molar-refractivity contribution is -0.113. The highest BCUT2D eigenvalue weighted by atomic mass is 16.3. The van der Waals surface area contributed by atoms with Gasteiger partial charge in [0.2, 0.25) is 0 Å². The van der Waals surface area contributed by atoms with Crippen LogP contribution in [0.1, 0.15) is 17.0 Å². The predicted octanol–water partition coefficient (Wildman–Crippen LogP) is 3.26. The van der Waals surface area contributed by atoms with Crippen molar-refractivity contribution >= 4 is 11.5 Å². The maximum atomic E-state index is 12.6. The second-order valence-electron chi connectivity index (χ2n) is 5.02. The Morgan fingerprint density at radius 1 is 1.05 bits per heavy atom. The summed E-state index contributed by atoms with van der Waals surface area (Å²) in [5, 5.41) is 9.57. The van der Waals surface area contributed by atoms with E-state index in [9.17, 15) is 9.90 Å². The van der Waals surface area contributed by atoms with Crippen LogP contribution in [0.2, 0.25) is 0 Å². The van der Waals surface area contributed by atoms with Gasteiger partial charge < -0.3 is 5.11 Å². The Morgan fingerprint density at radius 3 is 2.62 bits per heavy atom. The van der Waals surface area contributed by atoms with Crippen molar-refractivity contribution in [1.29, 1.82) is 0 Å². The fraction of sp³-hybridized carbons (Fsp3) is 0.111. The quantitative estimate of drug-likeness (QED) is 0.936. The first-order valence-electron chi connectivity index (χ1n) is 6.84. The van der Waals surface area contributed by atoms with E-state index in [0.29, 0.717) is 12.1 Å². The molecular weight excluding hydrogens is 262 g/mol. The molecule has 0 spiro atoms. The number of hydrogen-bond donors (Lipinski definition) is 1. The van der Waals surface area contributed by atoms with Crippen molar-refractivity contribution in [3.8, 4) is 5.75 Å². The molecule has 1 atom stereocenters. The highest BCUT2D eigenvalue weighted by Crippen LogP contribution is 2.25. The van der Waals surface area contributed by atoms with Crippen molar-refractivity contribution in [2.24, 2.45) is 4.99 Å². The maximum absolute atomic E-state index is 12.6. The molecule has 0 amide bonds. The molecule has 0 fully saturated rings. The molecule has 1 heterocycles. The maximum Gasteiger partial charge on any atom is 0.188 e. The van der Waals surface area contributed by atoms with Gasteiger partial charge in [-0.3, -0.25) is 9.79 Å². The molecule has 0 saturated carbocycles. The van der Waals surface area contributed by atoms with Crippen molar-refractivity contribution in [1.82, 2.24) is 0 Å². The fourth-order valence-corrected chi connectivity index (χ4v) is 2.45. The summed E-state index contributed by atoms with van der Waals surface area (Å²) in [6.07, 6.45) is 3.97. The largest absolute Gasteiger partial charge is 0.508 e. The number of hydrogen-bond acceptors (Lipinski definition) is 3. The molecule has 21 heavy (non-hydrogen) atoms. The summed E-state index contributed by atoms with van der Waals surface area (Å²) in [6, 6.07) is 16.6. The number of ketones is 1. The van der Waals surface area contributed by atoms with Gasteiger partial charge in [-0.05, 0) is 23.3 Å². The number of phenols is 1. The number of carbonyl (C=O) groups is 1. The van der Waals surface area contributed by atoms with Gasteiger partial charge in [0.05, 0.1) is 11.6 Å². The van der Waals surface area contributed by atoms with Crippen LogP contribution in [0, 0.1) is 0 Å². The molecule has 104 valence electrons. The van der Waals surface area contributed by atoms with E-state index in [-0.39, 0.29) is 17.5 Å². The molecule has 2 aromatic carbocycles. The van der Waals surface area contributed by atoms with Crippen molar-refractivity contribution in [2.75, 3.05) is 0 Å². The normalized spacial score (nSPS) is 17.6. The van der Waals surface area contributed by atoms with E-state index >= 15 is 0 Å². The van der Waals surface area contributed by atoms with E-state index in [4.69, 9.17) is 0 Å². The van der Waals surface area contributed by atoms with Crippen LogP contribution in [0.15, 0.2) is 71.9 Å². The molecule has 0 radical (unpaired) electrons. The molecule has 1 N–H and O–H groups in total. The Balaban J connectivity index is 1.84. The fourth-order valence-electron chi connectivity index (χ4n) is 2.45. The van der Waals surface area contributed by atoms with Crippen molar-refractivity contribution in [3.05, 3.63) is 78.0 Å². The van der Waals surface area contributed by atoms with E-state index in [1.807, 2.05) is 36.4 Å².